The minimum Gasteiger partial charge on any atom is -0.371 e. The van der Waals surface area contributed by atoms with Crippen molar-refractivity contribution in [3.63, 3.8) is 0 Å². The van der Waals surface area contributed by atoms with Crippen molar-refractivity contribution in [3.05, 3.63) is 28.7 Å². The number of anilines is 1. The number of amides is 1. The first-order valence-corrected chi connectivity index (χ1v) is 7.54. The average molecular weight is 325 g/mol. The van der Waals surface area contributed by atoms with Gasteiger partial charge in [-0.05, 0) is 49.3 Å². The monoisotopic (exact) mass is 324 g/mol. The summed E-state index contributed by atoms with van der Waals surface area (Å²) in [4.78, 5) is 12.0. The fraction of sp³-hybridized carbons (Fsp3) is 0.533. The zero-order valence-electron chi connectivity index (χ0n) is 11.4. The molecule has 0 heterocycles. The van der Waals surface area contributed by atoms with Gasteiger partial charge in [0.25, 0.3) is 0 Å². The van der Waals surface area contributed by atoms with Crippen molar-refractivity contribution in [3.8, 4) is 0 Å². The van der Waals surface area contributed by atoms with Crippen molar-refractivity contribution in [2.24, 2.45) is 17.6 Å². The summed E-state index contributed by atoms with van der Waals surface area (Å²) >= 11 is 3.45. The first kappa shape index (κ1) is 14.4. The van der Waals surface area contributed by atoms with Crippen LogP contribution in [-0.4, -0.2) is 11.4 Å². The lowest BCUT2D eigenvalue weighted by molar-refractivity contribution is -0.124. The number of hydrogen-bond donors (Lipinski definition) is 2. The smallest absolute Gasteiger partial charge is 0.243 e. The molecule has 1 amide bonds. The highest BCUT2D eigenvalue weighted by molar-refractivity contribution is 9.10. The molecule has 2 unspecified atom stereocenters. The van der Waals surface area contributed by atoms with Crippen LogP contribution in [0, 0.1) is 11.8 Å². The maximum atomic E-state index is 12.0. The molecule has 2 atom stereocenters. The Kier molecular flexibility index (Phi) is 4.19. The van der Waals surface area contributed by atoms with Crippen molar-refractivity contribution in [1.82, 2.24) is 0 Å². The summed E-state index contributed by atoms with van der Waals surface area (Å²) in [5.41, 5.74) is 6.03. The predicted octanol–water partition coefficient (Wildman–Crippen LogP) is 3.54. The number of benzene rings is 1. The Morgan fingerprint density at radius 2 is 2.00 bits per heavy atom. The number of nitrogens with one attached hydrogen (secondary N) is 1. The zero-order valence-corrected chi connectivity index (χ0v) is 13.0. The molecule has 0 aromatic heterocycles. The quantitative estimate of drug-likeness (QED) is 0.893. The molecule has 1 aliphatic carbocycles. The Hall–Kier alpha value is -1.03. The fourth-order valence-corrected chi connectivity index (χ4v) is 3.73. The summed E-state index contributed by atoms with van der Waals surface area (Å²) in [6, 6.07) is 7.87. The van der Waals surface area contributed by atoms with E-state index in [0.29, 0.717) is 11.8 Å². The summed E-state index contributed by atoms with van der Waals surface area (Å²) in [5, 5.41) is 3.39. The highest BCUT2D eigenvalue weighted by Crippen LogP contribution is 2.38. The molecular formula is C15H21BrN2O. The van der Waals surface area contributed by atoms with Crippen LogP contribution in [0.25, 0.3) is 0 Å². The van der Waals surface area contributed by atoms with Crippen molar-refractivity contribution in [1.29, 1.82) is 0 Å². The summed E-state index contributed by atoms with van der Waals surface area (Å²) < 4.78 is 0.994. The Labute approximate surface area is 123 Å². The van der Waals surface area contributed by atoms with E-state index >= 15 is 0 Å². The molecule has 1 aliphatic rings. The molecule has 19 heavy (non-hydrogen) atoms. The van der Waals surface area contributed by atoms with Gasteiger partial charge in [0.15, 0.2) is 0 Å². The van der Waals surface area contributed by atoms with Gasteiger partial charge in [0.1, 0.15) is 5.54 Å². The number of carbonyl (C=O) groups is 1. The van der Waals surface area contributed by atoms with Gasteiger partial charge in [-0.15, -0.1) is 0 Å². The van der Waals surface area contributed by atoms with Crippen molar-refractivity contribution in [2.75, 3.05) is 5.32 Å². The molecule has 1 saturated carbocycles. The van der Waals surface area contributed by atoms with Crippen LogP contribution in [0.1, 0.15) is 33.1 Å². The summed E-state index contributed by atoms with van der Waals surface area (Å²) in [5.74, 6) is 0.776. The molecule has 0 saturated heterocycles. The SMILES string of the molecule is CC1CC(C)CC(Nc2cccc(Br)c2)(C(N)=O)C1. The van der Waals surface area contributed by atoms with Crippen molar-refractivity contribution in [2.45, 2.75) is 38.6 Å². The molecule has 1 aromatic rings. The fourth-order valence-electron chi connectivity index (χ4n) is 3.33. The molecule has 0 bridgehead atoms. The van der Waals surface area contributed by atoms with Crippen LogP contribution < -0.4 is 11.1 Å². The topological polar surface area (TPSA) is 55.1 Å². The van der Waals surface area contributed by atoms with E-state index in [4.69, 9.17) is 5.73 Å². The van der Waals surface area contributed by atoms with E-state index < -0.39 is 5.54 Å². The third-order valence-corrected chi connectivity index (χ3v) is 4.37. The van der Waals surface area contributed by atoms with Gasteiger partial charge < -0.3 is 11.1 Å². The second kappa shape index (κ2) is 5.53. The largest absolute Gasteiger partial charge is 0.371 e. The van der Waals surface area contributed by atoms with Gasteiger partial charge in [0, 0.05) is 10.2 Å². The van der Waals surface area contributed by atoms with Crippen LogP contribution in [0.2, 0.25) is 0 Å². The zero-order chi connectivity index (χ0) is 14.0. The van der Waals surface area contributed by atoms with E-state index in [9.17, 15) is 4.79 Å². The van der Waals surface area contributed by atoms with Gasteiger partial charge in [0.05, 0.1) is 0 Å². The number of nitrogens with two attached hydrogens (primary N) is 1. The van der Waals surface area contributed by atoms with Crippen LogP contribution in [0.3, 0.4) is 0 Å². The van der Waals surface area contributed by atoms with Crippen LogP contribution in [0.15, 0.2) is 28.7 Å². The summed E-state index contributed by atoms with van der Waals surface area (Å²) in [7, 11) is 0. The number of rotatable bonds is 3. The molecule has 3 nitrogen and oxygen atoms in total. The molecule has 0 aliphatic heterocycles. The minimum atomic E-state index is -0.613. The summed E-state index contributed by atoms with van der Waals surface area (Å²) in [6.45, 7) is 4.38. The van der Waals surface area contributed by atoms with Gasteiger partial charge in [0.2, 0.25) is 5.91 Å². The number of primary amides is 1. The Balaban J connectivity index is 2.27. The van der Waals surface area contributed by atoms with Gasteiger partial charge in [-0.3, -0.25) is 4.79 Å². The van der Waals surface area contributed by atoms with E-state index in [0.717, 1.165) is 29.4 Å². The number of halogens is 1. The molecule has 4 heteroatoms. The predicted molar refractivity (Wildman–Crippen MR) is 81.9 cm³/mol. The highest BCUT2D eigenvalue weighted by Gasteiger charge is 2.42. The van der Waals surface area contributed by atoms with Gasteiger partial charge in [-0.25, -0.2) is 0 Å². The molecule has 3 N–H and O–H groups in total. The molecule has 2 rings (SSSR count). The number of carbonyl (C=O) groups excluding carboxylic acids is 1. The first-order chi connectivity index (χ1) is 8.91. The van der Waals surface area contributed by atoms with E-state index in [1.54, 1.807) is 0 Å². The second-order valence-corrected chi connectivity index (χ2v) is 6.85. The average Bonchev–Trinajstić information content (AvgIpc) is 2.27. The van der Waals surface area contributed by atoms with Gasteiger partial charge >= 0.3 is 0 Å². The molecule has 1 fully saturated rings. The Bertz CT molecular complexity index is 465. The standard InChI is InChI=1S/C15H21BrN2O/c1-10-6-11(2)9-15(8-10,14(17)19)18-13-5-3-4-12(16)7-13/h3-5,7,10-11,18H,6,8-9H2,1-2H3,(H2,17,19). The Morgan fingerprint density at radius 1 is 1.37 bits per heavy atom. The molecule has 0 radical (unpaired) electrons. The maximum absolute atomic E-state index is 12.0. The molecule has 0 spiro atoms. The third kappa shape index (κ3) is 3.30. The number of hydrogen-bond acceptors (Lipinski definition) is 2. The van der Waals surface area contributed by atoms with Gasteiger partial charge in [-0.2, -0.15) is 0 Å². The molecule has 1 aromatic carbocycles. The van der Waals surface area contributed by atoms with Gasteiger partial charge in [-0.1, -0.05) is 35.8 Å². The second-order valence-electron chi connectivity index (χ2n) is 5.94. The molecular weight excluding hydrogens is 304 g/mol. The minimum absolute atomic E-state index is 0.245. The van der Waals surface area contributed by atoms with Crippen LogP contribution in [-0.2, 0) is 4.79 Å². The van der Waals surface area contributed by atoms with Crippen LogP contribution in [0.5, 0.6) is 0 Å². The lowest BCUT2D eigenvalue weighted by Gasteiger charge is -2.41. The van der Waals surface area contributed by atoms with Crippen molar-refractivity contribution < 1.29 is 4.79 Å². The third-order valence-electron chi connectivity index (χ3n) is 3.88. The van der Waals surface area contributed by atoms with Crippen LogP contribution in [0.4, 0.5) is 5.69 Å². The van der Waals surface area contributed by atoms with E-state index in [1.165, 1.54) is 0 Å². The maximum Gasteiger partial charge on any atom is 0.243 e. The van der Waals surface area contributed by atoms with E-state index in [1.807, 2.05) is 24.3 Å². The lowest BCUT2D eigenvalue weighted by atomic mass is 9.71. The first-order valence-electron chi connectivity index (χ1n) is 6.75. The lowest BCUT2D eigenvalue weighted by Crippen LogP contribution is -2.54. The normalized spacial score (nSPS) is 30.9. The highest BCUT2D eigenvalue weighted by atomic mass is 79.9. The molecule has 104 valence electrons. The van der Waals surface area contributed by atoms with E-state index in [-0.39, 0.29) is 5.91 Å². The Morgan fingerprint density at radius 3 is 2.53 bits per heavy atom. The van der Waals surface area contributed by atoms with E-state index in [2.05, 4.69) is 35.1 Å². The van der Waals surface area contributed by atoms with Crippen LogP contribution >= 0.6 is 15.9 Å². The van der Waals surface area contributed by atoms with Crippen molar-refractivity contribution >= 4 is 27.5 Å². The summed E-state index contributed by atoms with van der Waals surface area (Å²) in [6.07, 6.45) is 2.77.